The first-order valence-electron chi connectivity index (χ1n) is 9.05. The quantitative estimate of drug-likeness (QED) is 0.838. The molecular formula is C18H29N3O2. The molecule has 1 aliphatic carbocycles. The number of hydrogen-bond donors (Lipinski definition) is 0. The minimum atomic E-state index is 0.156. The molecule has 1 saturated carbocycles. The molecule has 1 aromatic rings. The van der Waals surface area contributed by atoms with E-state index in [9.17, 15) is 4.79 Å². The first kappa shape index (κ1) is 16.5. The molecule has 128 valence electrons. The monoisotopic (exact) mass is 319 g/mol. The van der Waals surface area contributed by atoms with Gasteiger partial charge >= 0.3 is 0 Å². The van der Waals surface area contributed by atoms with Crippen LogP contribution in [-0.2, 0) is 16.1 Å². The van der Waals surface area contributed by atoms with Gasteiger partial charge in [-0.05, 0) is 52.0 Å². The number of aromatic nitrogens is 2. The number of piperidine rings is 1. The topological polar surface area (TPSA) is 47.4 Å². The molecule has 0 spiro atoms. The average molecular weight is 319 g/mol. The standard InChI is InChI=1S/C18H29N3O2/c1-14-11-15(2)21(19-14)12-16-7-5-6-10-20(16)18(22)13-23-17-8-3-4-9-17/h11,16-17H,3-10,12-13H2,1-2H3/t16-/m0/s1. The highest BCUT2D eigenvalue weighted by atomic mass is 16.5. The predicted molar refractivity (Wildman–Crippen MR) is 89.3 cm³/mol. The van der Waals surface area contributed by atoms with Crippen molar-refractivity contribution in [3.05, 3.63) is 17.5 Å². The summed E-state index contributed by atoms with van der Waals surface area (Å²) >= 11 is 0. The van der Waals surface area contributed by atoms with Crippen molar-refractivity contribution in [1.82, 2.24) is 14.7 Å². The predicted octanol–water partition coefficient (Wildman–Crippen LogP) is 2.84. The second kappa shape index (κ2) is 7.47. The molecule has 2 fully saturated rings. The zero-order valence-electron chi connectivity index (χ0n) is 14.5. The van der Waals surface area contributed by atoms with Crippen LogP contribution in [0.1, 0.15) is 56.3 Å². The van der Waals surface area contributed by atoms with Gasteiger partial charge in [0.2, 0.25) is 5.91 Å². The highest BCUT2D eigenvalue weighted by Crippen LogP contribution is 2.22. The molecule has 0 N–H and O–H groups in total. The van der Waals surface area contributed by atoms with E-state index in [1.165, 1.54) is 25.0 Å². The molecule has 5 nitrogen and oxygen atoms in total. The van der Waals surface area contributed by atoms with E-state index in [1.807, 2.05) is 16.5 Å². The van der Waals surface area contributed by atoms with Gasteiger partial charge < -0.3 is 9.64 Å². The van der Waals surface area contributed by atoms with Crippen molar-refractivity contribution in [2.75, 3.05) is 13.2 Å². The molecule has 5 heteroatoms. The van der Waals surface area contributed by atoms with E-state index >= 15 is 0 Å². The van der Waals surface area contributed by atoms with Gasteiger partial charge in [-0.3, -0.25) is 9.48 Å². The molecule has 1 aromatic heterocycles. The molecule has 1 amide bonds. The summed E-state index contributed by atoms with van der Waals surface area (Å²) in [5.41, 5.74) is 2.21. The van der Waals surface area contributed by atoms with Crippen LogP contribution < -0.4 is 0 Å². The van der Waals surface area contributed by atoms with Crippen molar-refractivity contribution in [3.63, 3.8) is 0 Å². The Morgan fingerprint density at radius 2 is 1.96 bits per heavy atom. The summed E-state index contributed by atoms with van der Waals surface area (Å²) in [6.07, 6.45) is 8.36. The fraction of sp³-hybridized carbons (Fsp3) is 0.778. The maximum atomic E-state index is 12.6. The van der Waals surface area contributed by atoms with E-state index in [2.05, 4.69) is 18.1 Å². The molecule has 0 radical (unpaired) electrons. The Balaban J connectivity index is 1.58. The van der Waals surface area contributed by atoms with Crippen LogP contribution >= 0.6 is 0 Å². The minimum Gasteiger partial charge on any atom is -0.368 e. The number of nitrogens with zero attached hydrogens (tertiary/aromatic N) is 3. The molecule has 2 aliphatic rings. The number of rotatable bonds is 5. The second-order valence-electron chi connectivity index (χ2n) is 7.06. The maximum absolute atomic E-state index is 12.6. The molecule has 3 rings (SSSR count). The van der Waals surface area contributed by atoms with Gasteiger partial charge in [0.1, 0.15) is 6.61 Å². The number of likely N-dealkylation sites (tertiary alicyclic amines) is 1. The van der Waals surface area contributed by atoms with Crippen LogP contribution in [0.2, 0.25) is 0 Å². The third-order valence-electron chi connectivity index (χ3n) is 5.18. The van der Waals surface area contributed by atoms with Gasteiger partial charge in [-0.25, -0.2) is 0 Å². The van der Waals surface area contributed by atoms with E-state index in [1.54, 1.807) is 0 Å². The zero-order chi connectivity index (χ0) is 16.2. The lowest BCUT2D eigenvalue weighted by atomic mass is 10.0. The SMILES string of the molecule is Cc1cc(C)n(C[C@@H]2CCCCN2C(=O)COC2CCCC2)n1. The Bertz CT molecular complexity index is 534. The van der Waals surface area contributed by atoms with E-state index in [4.69, 9.17) is 4.74 Å². The minimum absolute atomic E-state index is 0.156. The van der Waals surface area contributed by atoms with Crippen molar-refractivity contribution < 1.29 is 9.53 Å². The molecular weight excluding hydrogens is 290 g/mol. The summed E-state index contributed by atoms with van der Waals surface area (Å²) in [6, 6.07) is 2.35. The van der Waals surface area contributed by atoms with Crippen LogP contribution in [0.15, 0.2) is 6.07 Å². The average Bonchev–Trinajstić information content (AvgIpc) is 3.15. The molecule has 1 atom stereocenters. The van der Waals surface area contributed by atoms with Gasteiger partial charge in [-0.2, -0.15) is 5.10 Å². The van der Waals surface area contributed by atoms with Crippen LogP contribution in [0.3, 0.4) is 0 Å². The fourth-order valence-electron chi connectivity index (χ4n) is 3.91. The molecule has 0 aromatic carbocycles. The number of hydrogen-bond acceptors (Lipinski definition) is 3. The summed E-state index contributed by atoms with van der Waals surface area (Å²) in [7, 11) is 0. The Kier molecular flexibility index (Phi) is 5.36. The van der Waals surface area contributed by atoms with Crippen molar-refractivity contribution in [1.29, 1.82) is 0 Å². The van der Waals surface area contributed by atoms with Crippen molar-refractivity contribution >= 4 is 5.91 Å². The zero-order valence-corrected chi connectivity index (χ0v) is 14.5. The van der Waals surface area contributed by atoms with Crippen molar-refractivity contribution in [3.8, 4) is 0 Å². The lowest BCUT2D eigenvalue weighted by Crippen LogP contribution is -2.47. The first-order valence-corrected chi connectivity index (χ1v) is 9.05. The number of amides is 1. The van der Waals surface area contributed by atoms with Gasteiger partial charge in [-0.15, -0.1) is 0 Å². The summed E-state index contributed by atoms with van der Waals surface area (Å²) in [5, 5.41) is 4.55. The molecule has 1 aliphatic heterocycles. The Morgan fingerprint density at radius 1 is 1.22 bits per heavy atom. The molecule has 1 saturated heterocycles. The second-order valence-corrected chi connectivity index (χ2v) is 7.06. The van der Waals surface area contributed by atoms with E-state index in [-0.39, 0.29) is 18.6 Å². The van der Waals surface area contributed by atoms with E-state index < -0.39 is 0 Å². The number of aryl methyl sites for hydroxylation is 2. The Hall–Kier alpha value is -1.36. The van der Waals surface area contributed by atoms with Crippen LogP contribution in [-0.4, -0.2) is 45.9 Å². The summed E-state index contributed by atoms with van der Waals surface area (Å²) in [4.78, 5) is 14.7. The van der Waals surface area contributed by atoms with Gasteiger partial charge in [0.15, 0.2) is 0 Å². The smallest absolute Gasteiger partial charge is 0.248 e. The van der Waals surface area contributed by atoms with Crippen LogP contribution in [0.4, 0.5) is 0 Å². The first-order chi connectivity index (χ1) is 11.1. The highest BCUT2D eigenvalue weighted by molar-refractivity contribution is 5.77. The third kappa shape index (κ3) is 4.14. The molecule has 2 heterocycles. The number of carbonyl (C=O) groups excluding carboxylic acids is 1. The van der Waals surface area contributed by atoms with E-state index in [0.717, 1.165) is 44.5 Å². The van der Waals surface area contributed by atoms with E-state index in [0.29, 0.717) is 6.10 Å². The lowest BCUT2D eigenvalue weighted by molar-refractivity contribution is -0.142. The number of ether oxygens (including phenoxy) is 1. The summed E-state index contributed by atoms with van der Waals surface area (Å²) in [6.45, 7) is 6.00. The summed E-state index contributed by atoms with van der Waals surface area (Å²) < 4.78 is 7.88. The fourth-order valence-corrected chi connectivity index (χ4v) is 3.91. The van der Waals surface area contributed by atoms with Crippen LogP contribution in [0.5, 0.6) is 0 Å². The van der Waals surface area contributed by atoms with Gasteiger partial charge in [0.05, 0.1) is 24.4 Å². The highest BCUT2D eigenvalue weighted by Gasteiger charge is 2.28. The molecule has 23 heavy (non-hydrogen) atoms. The van der Waals surface area contributed by atoms with Crippen molar-refractivity contribution in [2.24, 2.45) is 0 Å². The summed E-state index contributed by atoms with van der Waals surface area (Å²) in [5.74, 6) is 0.156. The van der Waals surface area contributed by atoms with Crippen LogP contribution in [0.25, 0.3) is 0 Å². The van der Waals surface area contributed by atoms with Crippen LogP contribution in [0, 0.1) is 13.8 Å². The lowest BCUT2D eigenvalue weighted by Gasteiger charge is -2.36. The third-order valence-corrected chi connectivity index (χ3v) is 5.18. The molecule has 0 unspecified atom stereocenters. The van der Waals surface area contributed by atoms with Gasteiger partial charge in [0, 0.05) is 12.2 Å². The number of carbonyl (C=O) groups is 1. The van der Waals surface area contributed by atoms with Gasteiger partial charge in [0.25, 0.3) is 0 Å². The Morgan fingerprint density at radius 3 is 2.65 bits per heavy atom. The Labute approximate surface area is 139 Å². The van der Waals surface area contributed by atoms with Crippen molar-refractivity contribution in [2.45, 2.75) is 77.5 Å². The van der Waals surface area contributed by atoms with Gasteiger partial charge in [-0.1, -0.05) is 12.8 Å². The maximum Gasteiger partial charge on any atom is 0.248 e. The normalized spacial score (nSPS) is 22.7. The molecule has 0 bridgehead atoms. The largest absolute Gasteiger partial charge is 0.368 e.